The summed E-state index contributed by atoms with van der Waals surface area (Å²) in [7, 11) is 0. The molecule has 0 bridgehead atoms. The van der Waals surface area contributed by atoms with Gasteiger partial charge in [0.2, 0.25) is 0 Å². The van der Waals surface area contributed by atoms with Crippen LogP contribution in [0.2, 0.25) is 0 Å². The summed E-state index contributed by atoms with van der Waals surface area (Å²) < 4.78 is 0. The number of amides is 2. The molecule has 5 heteroatoms. The molecular formula is C16H18N4O. The average Bonchev–Trinajstić information content (AvgIpc) is 2.52. The molecule has 0 fully saturated rings. The molecule has 5 nitrogen and oxygen atoms in total. The van der Waals surface area contributed by atoms with Gasteiger partial charge in [0, 0.05) is 6.54 Å². The van der Waals surface area contributed by atoms with Crippen molar-refractivity contribution in [2.75, 3.05) is 0 Å². The van der Waals surface area contributed by atoms with Crippen LogP contribution in [0.3, 0.4) is 0 Å². The summed E-state index contributed by atoms with van der Waals surface area (Å²) in [4.78, 5) is 13.4. The summed E-state index contributed by atoms with van der Waals surface area (Å²) >= 11 is 0. The number of hydrogen-bond donors (Lipinski definition) is 3. The third-order valence-electron chi connectivity index (χ3n) is 3.01. The maximum absolute atomic E-state index is 12.2. The Kier molecular flexibility index (Phi) is 4.93. The molecule has 2 rings (SSSR count). The van der Waals surface area contributed by atoms with Gasteiger partial charge in [-0.05, 0) is 11.1 Å². The molecule has 21 heavy (non-hydrogen) atoms. The number of hydrogen-bond acceptors (Lipinski definition) is 2. The number of urea groups is 1. The first kappa shape index (κ1) is 14.6. The minimum Gasteiger partial charge on any atom is -0.370 e. The van der Waals surface area contributed by atoms with Gasteiger partial charge in [0.1, 0.15) is 0 Å². The highest BCUT2D eigenvalue weighted by atomic mass is 16.2. The van der Waals surface area contributed by atoms with Crippen molar-refractivity contribution in [1.82, 2.24) is 10.2 Å². The van der Waals surface area contributed by atoms with Crippen LogP contribution < -0.4 is 11.1 Å². The van der Waals surface area contributed by atoms with Gasteiger partial charge in [0.15, 0.2) is 5.96 Å². The van der Waals surface area contributed by atoms with Crippen LogP contribution in [0, 0.1) is 5.41 Å². The molecule has 108 valence electrons. The Morgan fingerprint density at radius 2 is 1.52 bits per heavy atom. The average molecular weight is 282 g/mol. The molecule has 0 aliphatic carbocycles. The Labute approximate surface area is 123 Å². The highest BCUT2D eigenvalue weighted by molar-refractivity contribution is 5.93. The van der Waals surface area contributed by atoms with Gasteiger partial charge < -0.3 is 11.1 Å². The Morgan fingerprint density at radius 3 is 2.05 bits per heavy atom. The van der Waals surface area contributed by atoms with Crippen molar-refractivity contribution in [2.45, 2.75) is 13.1 Å². The van der Waals surface area contributed by atoms with Crippen LogP contribution in [-0.4, -0.2) is 16.9 Å². The van der Waals surface area contributed by atoms with E-state index in [2.05, 4.69) is 5.32 Å². The Morgan fingerprint density at radius 1 is 1.00 bits per heavy atom. The molecular weight excluding hydrogens is 264 g/mol. The van der Waals surface area contributed by atoms with E-state index in [4.69, 9.17) is 11.1 Å². The van der Waals surface area contributed by atoms with E-state index >= 15 is 0 Å². The topological polar surface area (TPSA) is 82.2 Å². The maximum Gasteiger partial charge on any atom is 0.324 e. The predicted octanol–water partition coefficient (Wildman–Crippen LogP) is 2.29. The van der Waals surface area contributed by atoms with E-state index < -0.39 is 0 Å². The summed E-state index contributed by atoms with van der Waals surface area (Å²) in [6, 6.07) is 18.7. The fourth-order valence-electron chi connectivity index (χ4n) is 1.90. The molecule has 0 spiro atoms. The van der Waals surface area contributed by atoms with E-state index in [0.29, 0.717) is 6.54 Å². The van der Waals surface area contributed by atoms with Crippen molar-refractivity contribution in [3.63, 3.8) is 0 Å². The molecule has 4 N–H and O–H groups in total. The second-order valence-corrected chi connectivity index (χ2v) is 4.60. The molecule has 2 aromatic carbocycles. The van der Waals surface area contributed by atoms with Crippen LogP contribution in [0.1, 0.15) is 11.1 Å². The summed E-state index contributed by atoms with van der Waals surface area (Å²) in [5, 5.41) is 10.3. The fourth-order valence-corrected chi connectivity index (χ4v) is 1.90. The second kappa shape index (κ2) is 7.09. The maximum atomic E-state index is 12.2. The SMILES string of the molecule is N=C(N)N(Cc1ccccc1)C(=O)NCc1ccccc1. The van der Waals surface area contributed by atoms with E-state index in [1.54, 1.807) is 0 Å². The number of carbonyl (C=O) groups excluding carboxylic acids is 1. The van der Waals surface area contributed by atoms with Gasteiger partial charge in [-0.15, -0.1) is 0 Å². The highest BCUT2D eigenvalue weighted by Crippen LogP contribution is 2.05. The second-order valence-electron chi connectivity index (χ2n) is 4.60. The van der Waals surface area contributed by atoms with Gasteiger partial charge in [0.25, 0.3) is 0 Å². The van der Waals surface area contributed by atoms with Crippen molar-refractivity contribution >= 4 is 12.0 Å². The zero-order valence-corrected chi connectivity index (χ0v) is 11.6. The van der Waals surface area contributed by atoms with Crippen molar-refractivity contribution in [3.05, 3.63) is 71.8 Å². The molecule has 0 aliphatic heterocycles. The number of nitrogens with two attached hydrogens (primary N) is 1. The van der Waals surface area contributed by atoms with Crippen molar-refractivity contribution in [3.8, 4) is 0 Å². The Bertz CT molecular complexity index is 598. The van der Waals surface area contributed by atoms with Crippen molar-refractivity contribution in [1.29, 1.82) is 5.41 Å². The third kappa shape index (κ3) is 4.35. The van der Waals surface area contributed by atoms with E-state index in [1.165, 1.54) is 4.90 Å². The molecule has 2 amide bonds. The lowest BCUT2D eigenvalue weighted by Crippen LogP contribution is -2.46. The van der Waals surface area contributed by atoms with E-state index in [1.807, 2.05) is 60.7 Å². The largest absolute Gasteiger partial charge is 0.370 e. The monoisotopic (exact) mass is 282 g/mol. The summed E-state index contributed by atoms with van der Waals surface area (Å²) in [6.07, 6.45) is 0. The Hall–Kier alpha value is -2.82. The zero-order chi connectivity index (χ0) is 15.1. The van der Waals surface area contributed by atoms with E-state index in [0.717, 1.165) is 11.1 Å². The van der Waals surface area contributed by atoms with Crippen LogP contribution in [0.5, 0.6) is 0 Å². The summed E-state index contributed by atoms with van der Waals surface area (Å²) in [5.41, 5.74) is 7.42. The normalized spacial score (nSPS) is 9.90. The highest BCUT2D eigenvalue weighted by Gasteiger charge is 2.16. The standard InChI is InChI=1S/C16H18N4O/c17-15(18)20(12-14-9-5-2-6-10-14)16(21)19-11-13-7-3-1-4-8-13/h1-10H,11-12H2,(H3,17,18)(H,19,21). The number of nitrogens with zero attached hydrogens (tertiary/aromatic N) is 1. The van der Waals surface area contributed by atoms with E-state index in [9.17, 15) is 4.79 Å². The minimum atomic E-state index is -0.379. The number of guanidine groups is 1. The van der Waals surface area contributed by atoms with Crippen LogP contribution in [0.15, 0.2) is 60.7 Å². The molecule has 0 aromatic heterocycles. The minimum absolute atomic E-state index is 0.274. The molecule has 0 radical (unpaired) electrons. The van der Waals surface area contributed by atoms with Gasteiger partial charge in [0.05, 0.1) is 6.54 Å². The fraction of sp³-hybridized carbons (Fsp3) is 0.125. The van der Waals surface area contributed by atoms with Crippen LogP contribution >= 0.6 is 0 Å². The smallest absolute Gasteiger partial charge is 0.324 e. The lowest BCUT2D eigenvalue weighted by atomic mass is 10.2. The van der Waals surface area contributed by atoms with Gasteiger partial charge in [-0.3, -0.25) is 10.3 Å². The first-order chi connectivity index (χ1) is 10.2. The third-order valence-corrected chi connectivity index (χ3v) is 3.01. The zero-order valence-electron chi connectivity index (χ0n) is 11.6. The number of carbonyl (C=O) groups is 1. The van der Waals surface area contributed by atoms with Gasteiger partial charge in [-0.1, -0.05) is 60.7 Å². The number of nitrogens with one attached hydrogen (secondary N) is 2. The number of benzene rings is 2. The first-order valence-electron chi connectivity index (χ1n) is 6.64. The molecule has 0 aliphatic rings. The van der Waals surface area contributed by atoms with Crippen LogP contribution in [-0.2, 0) is 13.1 Å². The molecule has 0 unspecified atom stereocenters. The quantitative estimate of drug-likeness (QED) is 0.594. The van der Waals surface area contributed by atoms with Gasteiger partial charge >= 0.3 is 6.03 Å². The molecule has 0 atom stereocenters. The van der Waals surface area contributed by atoms with Gasteiger partial charge in [-0.2, -0.15) is 0 Å². The molecule has 0 saturated heterocycles. The van der Waals surface area contributed by atoms with Crippen molar-refractivity contribution in [2.24, 2.45) is 5.73 Å². The predicted molar refractivity (Wildman–Crippen MR) is 82.6 cm³/mol. The lowest BCUT2D eigenvalue weighted by Gasteiger charge is -2.21. The van der Waals surface area contributed by atoms with Crippen LogP contribution in [0.25, 0.3) is 0 Å². The first-order valence-corrected chi connectivity index (χ1v) is 6.64. The molecule has 2 aromatic rings. The summed E-state index contributed by atoms with van der Waals surface area (Å²) in [5.74, 6) is -0.274. The Balaban J connectivity index is 1.98. The lowest BCUT2D eigenvalue weighted by molar-refractivity contribution is 0.218. The van der Waals surface area contributed by atoms with Crippen molar-refractivity contribution < 1.29 is 4.79 Å². The summed E-state index contributed by atoms with van der Waals surface area (Å²) in [6.45, 7) is 0.676. The molecule has 0 heterocycles. The number of rotatable bonds is 4. The molecule has 0 saturated carbocycles. The van der Waals surface area contributed by atoms with Crippen LogP contribution in [0.4, 0.5) is 4.79 Å². The van der Waals surface area contributed by atoms with Gasteiger partial charge in [-0.25, -0.2) is 4.79 Å². The van der Waals surface area contributed by atoms with E-state index in [-0.39, 0.29) is 18.5 Å².